The van der Waals surface area contributed by atoms with Gasteiger partial charge in [-0.25, -0.2) is 4.98 Å². The van der Waals surface area contributed by atoms with Crippen LogP contribution >= 0.6 is 23.2 Å². The summed E-state index contributed by atoms with van der Waals surface area (Å²) in [5.41, 5.74) is 10.3. The highest BCUT2D eigenvalue weighted by molar-refractivity contribution is 6.31. The molecule has 0 fully saturated rings. The highest BCUT2D eigenvalue weighted by Gasteiger charge is 2.27. The first-order chi connectivity index (χ1) is 21.9. The van der Waals surface area contributed by atoms with E-state index in [-0.39, 0.29) is 6.04 Å². The zero-order valence-electron chi connectivity index (χ0n) is 24.8. The molecule has 0 aliphatic carbocycles. The number of H-pyrrole nitrogens is 2. The van der Waals surface area contributed by atoms with Gasteiger partial charge in [-0.2, -0.15) is 5.10 Å². The molecule has 4 aromatic carbocycles. The van der Waals surface area contributed by atoms with Gasteiger partial charge in [0.1, 0.15) is 0 Å². The summed E-state index contributed by atoms with van der Waals surface area (Å²) in [5, 5.41) is 13.6. The van der Waals surface area contributed by atoms with E-state index in [0.717, 1.165) is 61.5 Å². The quantitative estimate of drug-likeness (QED) is 0.157. The molecule has 0 aliphatic rings. The van der Waals surface area contributed by atoms with Crippen LogP contribution < -0.4 is 5.32 Å². The second kappa shape index (κ2) is 11.8. The number of hydrogen-bond acceptors (Lipinski definition) is 3. The number of anilines is 1. The lowest BCUT2D eigenvalue weighted by molar-refractivity contribution is 0.645. The molecule has 3 aromatic heterocycles. The first kappa shape index (κ1) is 28.7. The maximum Gasteiger partial charge on any atom is 0.160 e. The largest absolute Gasteiger partial charge is 0.353 e. The van der Waals surface area contributed by atoms with Crippen LogP contribution in [0.3, 0.4) is 0 Å². The van der Waals surface area contributed by atoms with Crippen molar-refractivity contribution in [3.05, 3.63) is 143 Å². The van der Waals surface area contributed by atoms with Gasteiger partial charge in [-0.3, -0.25) is 5.10 Å². The van der Waals surface area contributed by atoms with Gasteiger partial charge >= 0.3 is 0 Å². The van der Waals surface area contributed by atoms with Gasteiger partial charge in [0.15, 0.2) is 5.82 Å². The van der Waals surface area contributed by atoms with Gasteiger partial charge in [-0.1, -0.05) is 109 Å². The molecule has 0 amide bonds. The Hall–Kier alpha value is -5.04. The van der Waals surface area contributed by atoms with E-state index >= 15 is 0 Å². The fourth-order valence-electron chi connectivity index (χ4n) is 5.94. The van der Waals surface area contributed by atoms with Crippen molar-refractivity contribution >= 4 is 45.6 Å². The summed E-state index contributed by atoms with van der Waals surface area (Å²) in [5.74, 6) is 0.692. The Morgan fingerprint density at radius 2 is 1.51 bits per heavy atom. The highest BCUT2D eigenvalue weighted by atomic mass is 35.5. The number of hydrogen-bond donors (Lipinski definition) is 3. The molecule has 3 N–H and O–H groups in total. The number of aryl methyl sites for hydroxylation is 1. The van der Waals surface area contributed by atoms with E-state index in [1.807, 2.05) is 80.0 Å². The van der Waals surface area contributed by atoms with Gasteiger partial charge in [-0.15, -0.1) is 0 Å². The minimum Gasteiger partial charge on any atom is -0.353 e. The van der Waals surface area contributed by atoms with Crippen LogP contribution in [0.4, 0.5) is 5.82 Å². The van der Waals surface area contributed by atoms with Crippen molar-refractivity contribution in [2.75, 3.05) is 5.32 Å². The third-order valence-corrected chi connectivity index (χ3v) is 8.68. The molecule has 0 radical (unpaired) electrons. The van der Waals surface area contributed by atoms with Crippen LogP contribution in [0.25, 0.3) is 50.2 Å². The summed E-state index contributed by atoms with van der Waals surface area (Å²) in [6.07, 6.45) is 1.91. The number of rotatable bonds is 8. The summed E-state index contributed by atoms with van der Waals surface area (Å²) < 4.78 is 2.22. The zero-order valence-corrected chi connectivity index (χ0v) is 26.3. The lowest BCUT2D eigenvalue weighted by atomic mass is 9.99. The van der Waals surface area contributed by atoms with E-state index in [1.165, 1.54) is 0 Å². The second-order valence-corrected chi connectivity index (χ2v) is 11.9. The molecular formula is C37H30Cl2N6. The smallest absolute Gasteiger partial charge is 0.160 e. The molecule has 3 heterocycles. The topological polar surface area (TPSA) is 74.3 Å². The molecule has 7 rings (SSSR count). The van der Waals surface area contributed by atoms with Crippen molar-refractivity contribution < 1.29 is 0 Å². The van der Waals surface area contributed by atoms with E-state index in [2.05, 4.69) is 75.0 Å². The van der Waals surface area contributed by atoms with Crippen molar-refractivity contribution in [1.29, 1.82) is 0 Å². The van der Waals surface area contributed by atoms with Crippen molar-refractivity contribution in [1.82, 2.24) is 24.7 Å². The molecular weight excluding hydrogens is 599 g/mol. The standard InChI is InChI=1S/C37H30Cl2N6/c1-22-32(26-10-6-4-7-11-26)37(44-43-22)41-23(2)34-33(30-19-18-29(39)20-31(30)42-34)36-35(27-12-8-5-9-13-27)40-21-45(36)24(3)25-14-16-28(38)17-15-25/h4-21,24,42H,2H2,1,3H3,(H2,41,43,44). The van der Waals surface area contributed by atoms with Crippen LogP contribution in [0, 0.1) is 6.92 Å². The number of aromatic nitrogens is 5. The Labute approximate surface area is 271 Å². The van der Waals surface area contributed by atoms with E-state index in [4.69, 9.17) is 28.2 Å². The predicted molar refractivity (Wildman–Crippen MR) is 187 cm³/mol. The minimum absolute atomic E-state index is 0.0489. The molecule has 0 spiro atoms. The van der Waals surface area contributed by atoms with Crippen LogP contribution in [-0.2, 0) is 0 Å². The average molecular weight is 630 g/mol. The fraction of sp³-hybridized carbons (Fsp3) is 0.0811. The Bertz CT molecular complexity index is 2140. The van der Waals surface area contributed by atoms with Gasteiger partial charge in [0.2, 0.25) is 0 Å². The number of benzene rings is 4. The molecule has 0 aliphatic heterocycles. The number of aromatic amines is 2. The van der Waals surface area contributed by atoms with E-state index in [9.17, 15) is 0 Å². The van der Waals surface area contributed by atoms with Crippen LogP contribution in [0.5, 0.6) is 0 Å². The molecule has 1 atom stereocenters. The van der Waals surface area contributed by atoms with Crippen molar-refractivity contribution in [3.8, 4) is 33.6 Å². The van der Waals surface area contributed by atoms with Crippen molar-refractivity contribution in [2.24, 2.45) is 0 Å². The monoisotopic (exact) mass is 628 g/mol. The average Bonchev–Trinajstić information content (AvgIpc) is 3.76. The molecule has 0 saturated heterocycles. The maximum atomic E-state index is 6.51. The summed E-state index contributed by atoms with van der Waals surface area (Å²) in [7, 11) is 0. The highest BCUT2D eigenvalue weighted by Crippen LogP contribution is 2.43. The molecule has 8 heteroatoms. The van der Waals surface area contributed by atoms with Gasteiger partial charge in [-0.05, 0) is 49.2 Å². The zero-order chi connectivity index (χ0) is 31.1. The number of halogens is 2. The van der Waals surface area contributed by atoms with Crippen LogP contribution in [-0.4, -0.2) is 24.7 Å². The Kier molecular flexibility index (Phi) is 7.53. The fourth-order valence-corrected chi connectivity index (χ4v) is 6.23. The molecule has 1 unspecified atom stereocenters. The van der Waals surface area contributed by atoms with E-state index < -0.39 is 0 Å². The minimum atomic E-state index is -0.0489. The number of fused-ring (bicyclic) bond motifs is 1. The molecule has 6 nitrogen and oxygen atoms in total. The van der Waals surface area contributed by atoms with Crippen molar-refractivity contribution in [3.63, 3.8) is 0 Å². The third kappa shape index (κ3) is 5.33. The van der Waals surface area contributed by atoms with Crippen LogP contribution in [0.1, 0.15) is 29.9 Å². The Morgan fingerprint density at radius 3 is 2.22 bits per heavy atom. The normalized spacial score (nSPS) is 12.0. The van der Waals surface area contributed by atoms with Crippen molar-refractivity contribution in [2.45, 2.75) is 19.9 Å². The van der Waals surface area contributed by atoms with Gasteiger partial charge < -0.3 is 14.9 Å². The molecule has 222 valence electrons. The number of nitrogens with zero attached hydrogens (tertiary/aromatic N) is 3. The summed E-state index contributed by atoms with van der Waals surface area (Å²) in [6.45, 7) is 8.71. The van der Waals surface area contributed by atoms with E-state index in [1.54, 1.807) is 0 Å². The maximum absolute atomic E-state index is 6.51. The molecule has 0 bridgehead atoms. The number of nitrogens with one attached hydrogen (secondary N) is 3. The van der Waals surface area contributed by atoms with Crippen LogP contribution in [0.2, 0.25) is 10.0 Å². The lowest BCUT2D eigenvalue weighted by Gasteiger charge is -2.20. The Morgan fingerprint density at radius 1 is 0.844 bits per heavy atom. The third-order valence-electron chi connectivity index (χ3n) is 8.19. The first-order valence-electron chi connectivity index (χ1n) is 14.6. The van der Waals surface area contributed by atoms with Gasteiger partial charge in [0.25, 0.3) is 0 Å². The van der Waals surface area contributed by atoms with Gasteiger partial charge in [0, 0.05) is 43.3 Å². The SMILES string of the molecule is C=C(Nc1n[nH]c(C)c1-c1ccccc1)c1[nH]c2cc(Cl)ccc2c1-c1c(-c2ccccc2)ncn1C(C)c1ccc(Cl)cc1. The summed E-state index contributed by atoms with van der Waals surface area (Å²) in [6, 6.07) is 34.2. The number of imidazole rings is 1. The Balaban J connectivity index is 1.43. The molecule has 0 saturated carbocycles. The van der Waals surface area contributed by atoms with Crippen LogP contribution in [0.15, 0.2) is 116 Å². The summed E-state index contributed by atoms with van der Waals surface area (Å²) in [4.78, 5) is 8.63. The summed E-state index contributed by atoms with van der Waals surface area (Å²) >= 11 is 12.8. The molecule has 45 heavy (non-hydrogen) atoms. The first-order valence-corrected chi connectivity index (χ1v) is 15.4. The van der Waals surface area contributed by atoms with E-state index in [0.29, 0.717) is 21.6 Å². The van der Waals surface area contributed by atoms with Gasteiger partial charge in [0.05, 0.1) is 35.1 Å². The predicted octanol–water partition coefficient (Wildman–Crippen LogP) is 10.4. The lowest BCUT2D eigenvalue weighted by Crippen LogP contribution is -2.09. The molecule has 7 aromatic rings. The second-order valence-electron chi connectivity index (χ2n) is 11.0.